The van der Waals surface area contributed by atoms with Crippen LogP contribution in [0, 0.1) is 5.82 Å². The SMILES string of the molecule is COc1cccc(F)c1-c1nccc(C(=O)Nc2ccc(Br)cc2N2CC(OC(N)=O)CC2CO)n1. The van der Waals surface area contributed by atoms with Crippen LogP contribution in [0.4, 0.5) is 20.6 Å². The predicted octanol–water partition coefficient (Wildman–Crippen LogP) is 3.34. The van der Waals surface area contributed by atoms with Gasteiger partial charge in [-0.05, 0) is 36.4 Å². The highest BCUT2D eigenvalue weighted by atomic mass is 79.9. The van der Waals surface area contributed by atoms with Crippen LogP contribution in [-0.2, 0) is 4.74 Å². The van der Waals surface area contributed by atoms with Gasteiger partial charge in [-0.2, -0.15) is 0 Å². The second-order valence-electron chi connectivity index (χ2n) is 7.98. The number of anilines is 2. The zero-order valence-corrected chi connectivity index (χ0v) is 20.7. The molecule has 36 heavy (non-hydrogen) atoms. The Labute approximate surface area is 214 Å². The first-order valence-corrected chi connectivity index (χ1v) is 11.7. The molecule has 1 saturated heterocycles. The Morgan fingerprint density at radius 1 is 1.31 bits per heavy atom. The molecule has 1 aromatic heterocycles. The fourth-order valence-electron chi connectivity index (χ4n) is 4.12. The normalized spacial score (nSPS) is 17.1. The molecule has 4 rings (SSSR count). The Morgan fingerprint density at radius 3 is 2.83 bits per heavy atom. The van der Waals surface area contributed by atoms with Crippen LogP contribution < -0.4 is 20.7 Å². The number of aliphatic hydroxyl groups is 1. The highest BCUT2D eigenvalue weighted by Gasteiger charge is 2.35. The van der Waals surface area contributed by atoms with E-state index in [9.17, 15) is 19.1 Å². The summed E-state index contributed by atoms with van der Waals surface area (Å²) in [7, 11) is 1.40. The third-order valence-corrected chi connectivity index (χ3v) is 6.19. The predicted molar refractivity (Wildman–Crippen MR) is 133 cm³/mol. The van der Waals surface area contributed by atoms with E-state index in [1.807, 2.05) is 4.90 Å². The van der Waals surface area contributed by atoms with Gasteiger partial charge in [-0.1, -0.05) is 22.0 Å². The highest BCUT2D eigenvalue weighted by molar-refractivity contribution is 9.10. The molecule has 2 aromatic carbocycles. The molecule has 0 aliphatic carbocycles. The maximum absolute atomic E-state index is 14.5. The summed E-state index contributed by atoms with van der Waals surface area (Å²) < 4.78 is 25.6. The van der Waals surface area contributed by atoms with E-state index in [1.54, 1.807) is 24.3 Å². The van der Waals surface area contributed by atoms with Gasteiger partial charge in [0.25, 0.3) is 5.91 Å². The van der Waals surface area contributed by atoms with Crippen LogP contribution in [0.5, 0.6) is 5.75 Å². The number of aliphatic hydroxyl groups excluding tert-OH is 1. The maximum atomic E-state index is 14.5. The van der Waals surface area contributed by atoms with Crippen molar-refractivity contribution in [1.29, 1.82) is 0 Å². The molecule has 0 radical (unpaired) electrons. The number of carbonyl (C=O) groups is 2. The third-order valence-electron chi connectivity index (χ3n) is 5.69. The van der Waals surface area contributed by atoms with E-state index >= 15 is 0 Å². The van der Waals surface area contributed by atoms with E-state index < -0.39 is 23.9 Å². The summed E-state index contributed by atoms with van der Waals surface area (Å²) in [6.07, 6.45) is 0.327. The van der Waals surface area contributed by atoms with Crippen LogP contribution in [0.1, 0.15) is 16.9 Å². The number of amides is 2. The lowest BCUT2D eigenvalue weighted by Crippen LogP contribution is -2.33. The Bertz CT molecular complexity index is 1290. The Morgan fingerprint density at radius 2 is 2.11 bits per heavy atom. The van der Waals surface area contributed by atoms with Gasteiger partial charge in [-0.15, -0.1) is 0 Å². The quantitative estimate of drug-likeness (QED) is 0.400. The van der Waals surface area contributed by atoms with Gasteiger partial charge in [0.1, 0.15) is 23.4 Å². The van der Waals surface area contributed by atoms with Crippen molar-refractivity contribution in [1.82, 2.24) is 9.97 Å². The third kappa shape index (κ3) is 5.39. The van der Waals surface area contributed by atoms with Gasteiger partial charge in [-0.25, -0.2) is 19.2 Å². The molecule has 0 spiro atoms. The monoisotopic (exact) mass is 559 g/mol. The van der Waals surface area contributed by atoms with E-state index in [1.165, 1.54) is 31.5 Å². The number of benzene rings is 2. The fraction of sp³-hybridized carbons (Fsp3) is 0.250. The molecule has 2 amide bonds. The average Bonchev–Trinajstić information content (AvgIpc) is 3.26. The molecule has 1 aliphatic rings. The molecule has 1 fully saturated rings. The zero-order chi connectivity index (χ0) is 25.8. The summed E-state index contributed by atoms with van der Waals surface area (Å²) in [5.74, 6) is -0.902. The van der Waals surface area contributed by atoms with Gasteiger partial charge in [0.05, 0.1) is 43.2 Å². The van der Waals surface area contributed by atoms with E-state index in [2.05, 4.69) is 31.2 Å². The molecule has 2 heterocycles. The van der Waals surface area contributed by atoms with E-state index in [4.69, 9.17) is 15.2 Å². The molecule has 12 heteroatoms. The first-order chi connectivity index (χ1) is 17.3. The summed E-state index contributed by atoms with van der Waals surface area (Å²) in [5.41, 5.74) is 6.24. The van der Waals surface area contributed by atoms with Gasteiger partial charge in [0, 0.05) is 17.1 Å². The lowest BCUT2D eigenvalue weighted by Gasteiger charge is -2.27. The van der Waals surface area contributed by atoms with Crippen LogP contribution in [0.2, 0.25) is 0 Å². The van der Waals surface area contributed by atoms with Gasteiger partial charge in [0.15, 0.2) is 5.82 Å². The van der Waals surface area contributed by atoms with Crippen molar-refractivity contribution in [3.05, 3.63) is 64.6 Å². The number of nitrogens with one attached hydrogen (secondary N) is 1. The molecule has 3 aromatic rings. The minimum atomic E-state index is -0.896. The summed E-state index contributed by atoms with van der Waals surface area (Å²) in [6, 6.07) is 10.6. The Hall–Kier alpha value is -3.77. The van der Waals surface area contributed by atoms with Crippen molar-refractivity contribution in [2.24, 2.45) is 5.73 Å². The molecule has 0 bridgehead atoms. The van der Waals surface area contributed by atoms with E-state index in [0.29, 0.717) is 17.8 Å². The van der Waals surface area contributed by atoms with Crippen molar-refractivity contribution in [3.8, 4) is 17.1 Å². The molecule has 1 aliphatic heterocycles. The molecule has 2 unspecified atom stereocenters. The largest absolute Gasteiger partial charge is 0.496 e. The molecule has 4 N–H and O–H groups in total. The standard InChI is InChI=1S/C24H23BrFN5O5/c1-35-20-4-2-3-16(26)21(20)22-28-8-7-18(29-22)23(33)30-17-6-5-13(25)9-19(17)31-11-15(36-24(27)34)10-14(31)12-32/h2-9,14-15,32H,10-12H2,1H3,(H2,27,34)(H,30,33). The molecule has 2 atom stereocenters. The number of nitrogens with two attached hydrogens (primary N) is 1. The van der Waals surface area contributed by atoms with Crippen molar-refractivity contribution in [2.45, 2.75) is 18.6 Å². The van der Waals surface area contributed by atoms with Crippen LogP contribution >= 0.6 is 15.9 Å². The number of hydrogen-bond acceptors (Lipinski definition) is 8. The summed E-state index contributed by atoms with van der Waals surface area (Å²) in [4.78, 5) is 34.6. The van der Waals surface area contributed by atoms with Crippen molar-refractivity contribution in [2.75, 3.05) is 30.5 Å². The second kappa shape index (κ2) is 10.9. The molecule has 10 nitrogen and oxygen atoms in total. The van der Waals surface area contributed by atoms with Gasteiger partial charge < -0.3 is 30.5 Å². The Kier molecular flexibility index (Phi) is 7.65. The van der Waals surface area contributed by atoms with Crippen LogP contribution in [0.3, 0.4) is 0 Å². The van der Waals surface area contributed by atoms with Crippen molar-refractivity contribution < 1.29 is 28.6 Å². The van der Waals surface area contributed by atoms with E-state index in [0.717, 1.165) is 4.47 Å². The minimum absolute atomic E-state index is 0.0000377. The number of nitrogens with zero attached hydrogens (tertiary/aromatic N) is 3. The number of rotatable bonds is 7. The van der Waals surface area contributed by atoms with Gasteiger partial charge in [0.2, 0.25) is 0 Å². The number of methoxy groups -OCH3 is 1. The number of aromatic nitrogens is 2. The summed E-state index contributed by atoms with van der Waals surface area (Å²) in [6.45, 7) is 0.0799. The number of primary amides is 1. The minimum Gasteiger partial charge on any atom is -0.496 e. The smallest absolute Gasteiger partial charge is 0.404 e. The molecular weight excluding hydrogens is 537 g/mol. The fourth-order valence-corrected chi connectivity index (χ4v) is 4.47. The lowest BCUT2D eigenvalue weighted by atomic mass is 10.1. The van der Waals surface area contributed by atoms with Crippen molar-refractivity contribution >= 4 is 39.3 Å². The number of carbonyl (C=O) groups excluding carboxylic acids is 2. The maximum Gasteiger partial charge on any atom is 0.404 e. The summed E-state index contributed by atoms with van der Waals surface area (Å²) in [5, 5.41) is 12.7. The van der Waals surface area contributed by atoms with Crippen molar-refractivity contribution in [3.63, 3.8) is 0 Å². The Balaban J connectivity index is 1.63. The second-order valence-corrected chi connectivity index (χ2v) is 8.90. The lowest BCUT2D eigenvalue weighted by molar-refractivity contribution is 0.102. The van der Waals surface area contributed by atoms with E-state index in [-0.39, 0.29) is 42.0 Å². The first-order valence-electron chi connectivity index (χ1n) is 10.9. The number of hydrogen-bond donors (Lipinski definition) is 3. The highest BCUT2D eigenvalue weighted by Crippen LogP contribution is 2.36. The molecule has 188 valence electrons. The zero-order valence-electron chi connectivity index (χ0n) is 19.1. The number of ether oxygens (including phenoxy) is 2. The average molecular weight is 560 g/mol. The van der Waals surface area contributed by atoms with Gasteiger partial charge >= 0.3 is 6.09 Å². The first kappa shape index (κ1) is 25.3. The van der Waals surface area contributed by atoms with Gasteiger partial charge in [-0.3, -0.25) is 4.79 Å². The topological polar surface area (TPSA) is 140 Å². The van der Waals surface area contributed by atoms with Crippen LogP contribution in [0.25, 0.3) is 11.4 Å². The molecular formula is C24H23BrFN5O5. The molecule has 0 saturated carbocycles. The van der Waals surface area contributed by atoms with Crippen LogP contribution in [0.15, 0.2) is 53.1 Å². The number of halogens is 2. The van der Waals surface area contributed by atoms with Crippen LogP contribution in [-0.4, -0.2) is 59.5 Å². The summed E-state index contributed by atoms with van der Waals surface area (Å²) >= 11 is 3.43.